The predicted molar refractivity (Wildman–Crippen MR) is 118 cm³/mol. The van der Waals surface area contributed by atoms with E-state index in [0.717, 1.165) is 5.56 Å². The first kappa shape index (κ1) is 22.9. The average molecular weight is 464 g/mol. The lowest BCUT2D eigenvalue weighted by Gasteiger charge is -2.31. The third kappa shape index (κ3) is 6.12. The van der Waals surface area contributed by atoms with Gasteiger partial charge in [-0.25, -0.2) is 0 Å². The number of ether oxygens (including phenoxy) is 1. The van der Waals surface area contributed by atoms with Crippen molar-refractivity contribution in [2.75, 3.05) is 20.2 Å². The first-order chi connectivity index (χ1) is 14.9. The number of rotatable bonds is 5. The monoisotopic (exact) mass is 463 g/mol. The van der Waals surface area contributed by atoms with Gasteiger partial charge in [0.15, 0.2) is 0 Å². The first-order valence-corrected chi connectivity index (χ1v) is 10.6. The van der Waals surface area contributed by atoms with Crippen molar-refractivity contribution >= 4 is 40.9 Å². The Hall–Kier alpha value is -2.77. The van der Waals surface area contributed by atoms with Crippen LogP contribution in [-0.4, -0.2) is 42.8 Å². The fourth-order valence-corrected chi connectivity index (χ4v) is 3.73. The van der Waals surface area contributed by atoms with E-state index in [0.29, 0.717) is 47.3 Å². The SMILES string of the molecule is COc1ccc(Cl)cc1C(=O)N1CCC(C(=O)NNC(=O)Cc2ccc(Cl)cc2)CC1. The molecule has 0 bridgehead atoms. The van der Waals surface area contributed by atoms with Crippen LogP contribution in [0.2, 0.25) is 10.0 Å². The molecule has 1 aliphatic rings. The van der Waals surface area contributed by atoms with Gasteiger partial charge in [-0.1, -0.05) is 35.3 Å². The Labute approximate surface area is 190 Å². The molecule has 1 aliphatic heterocycles. The Balaban J connectivity index is 1.47. The minimum absolute atomic E-state index is 0.131. The summed E-state index contributed by atoms with van der Waals surface area (Å²) in [6, 6.07) is 11.8. The maximum atomic E-state index is 12.8. The molecule has 0 atom stereocenters. The van der Waals surface area contributed by atoms with Crippen LogP contribution in [0, 0.1) is 5.92 Å². The van der Waals surface area contributed by atoms with Gasteiger partial charge in [0.05, 0.1) is 19.1 Å². The smallest absolute Gasteiger partial charge is 0.257 e. The predicted octanol–water partition coefficient (Wildman–Crippen LogP) is 3.24. The second-order valence-electron chi connectivity index (χ2n) is 7.25. The summed E-state index contributed by atoms with van der Waals surface area (Å²) in [6.45, 7) is 0.844. The van der Waals surface area contributed by atoms with Crippen molar-refractivity contribution in [1.82, 2.24) is 15.8 Å². The van der Waals surface area contributed by atoms with Crippen molar-refractivity contribution < 1.29 is 19.1 Å². The number of nitrogens with zero attached hydrogens (tertiary/aromatic N) is 1. The third-order valence-corrected chi connectivity index (χ3v) is 5.64. The van der Waals surface area contributed by atoms with E-state index in [-0.39, 0.29) is 30.1 Å². The topological polar surface area (TPSA) is 87.7 Å². The van der Waals surface area contributed by atoms with E-state index in [4.69, 9.17) is 27.9 Å². The standard InChI is InChI=1S/C22H23Cl2N3O4/c1-31-19-7-6-17(24)13-18(19)22(30)27-10-8-15(9-11-27)21(29)26-25-20(28)12-14-2-4-16(23)5-3-14/h2-7,13,15H,8-12H2,1H3,(H,25,28)(H,26,29). The molecule has 2 aromatic carbocycles. The molecule has 1 saturated heterocycles. The van der Waals surface area contributed by atoms with E-state index >= 15 is 0 Å². The van der Waals surface area contributed by atoms with E-state index < -0.39 is 0 Å². The number of nitrogens with one attached hydrogen (secondary N) is 2. The van der Waals surface area contributed by atoms with Crippen LogP contribution in [0.3, 0.4) is 0 Å². The number of hydrazine groups is 1. The van der Waals surface area contributed by atoms with Gasteiger partial charge in [0, 0.05) is 29.1 Å². The molecule has 1 fully saturated rings. The Morgan fingerprint density at radius 1 is 1.00 bits per heavy atom. The summed E-state index contributed by atoms with van der Waals surface area (Å²) in [7, 11) is 1.50. The lowest BCUT2D eigenvalue weighted by molar-refractivity contribution is -0.131. The lowest BCUT2D eigenvalue weighted by atomic mass is 9.95. The molecule has 2 aromatic rings. The first-order valence-electron chi connectivity index (χ1n) is 9.83. The zero-order valence-electron chi connectivity index (χ0n) is 17.0. The molecule has 2 N–H and O–H groups in total. The molecule has 0 spiro atoms. The quantitative estimate of drug-likeness (QED) is 0.666. The van der Waals surface area contributed by atoms with E-state index in [1.165, 1.54) is 7.11 Å². The Morgan fingerprint density at radius 3 is 2.29 bits per heavy atom. The van der Waals surface area contributed by atoms with Crippen LogP contribution in [0.5, 0.6) is 5.75 Å². The lowest BCUT2D eigenvalue weighted by Crippen LogP contribution is -2.48. The molecular formula is C22H23Cl2N3O4. The molecule has 7 nitrogen and oxygen atoms in total. The number of piperidine rings is 1. The molecule has 31 heavy (non-hydrogen) atoms. The maximum Gasteiger partial charge on any atom is 0.257 e. The average Bonchev–Trinajstić information content (AvgIpc) is 2.78. The van der Waals surface area contributed by atoms with Gasteiger partial charge in [-0.05, 0) is 48.7 Å². The number of methoxy groups -OCH3 is 1. The van der Waals surface area contributed by atoms with Crippen molar-refractivity contribution in [3.63, 3.8) is 0 Å². The van der Waals surface area contributed by atoms with Gasteiger partial charge in [-0.3, -0.25) is 25.2 Å². The number of carbonyl (C=O) groups excluding carboxylic acids is 3. The van der Waals surface area contributed by atoms with Gasteiger partial charge in [-0.15, -0.1) is 0 Å². The highest BCUT2D eigenvalue weighted by molar-refractivity contribution is 6.31. The van der Waals surface area contributed by atoms with Crippen molar-refractivity contribution in [2.45, 2.75) is 19.3 Å². The third-order valence-electron chi connectivity index (χ3n) is 5.15. The fraction of sp³-hybridized carbons (Fsp3) is 0.318. The molecule has 0 saturated carbocycles. The molecule has 3 rings (SSSR count). The molecule has 0 aromatic heterocycles. The molecule has 0 unspecified atom stereocenters. The van der Waals surface area contributed by atoms with E-state index in [1.807, 2.05) is 0 Å². The van der Waals surface area contributed by atoms with Gasteiger partial charge in [0.25, 0.3) is 5.91 Å². The number of hydrogen-bond donors (Lipinski definition) is 2. The number of likely N-dealkylation sites (tertiary alicyclic amines) is 1. The molecule has 0 radical (unpaired) electrons. The highest BCUT2D eigenvalue weighted by Crippen LogP contribution is 2.26. The van der Waals surface area contributed by atoms with Crippen molar-refractivity contribution in [1.29, 1.82) is 0 Å². The Bertz CT molecular complexity index is 958. The summed E-state index contributed by atoms with van der Waals surface area (Å²) in [5.41, 5.74) is 6.11. The van der Waals surface area contributed by atoms with Crippen LogP contribution in [0.4, 0.5) is 0 Å². The summed E-state index contributed by atoms with van der Waals surface area (Å²) in [5, 5.41) is 1.05. The van der Waals surface area contributed by atoms with Gasteiger partial charge in [0.2, 0.25) is 11.8 Å². The van der Waals surface area contributed by atoms with Crippen LogP contribution >= 0.6 is 23.2 Å². The second-order valence-corrected chi connectivity index (χ2v) is 8.12. The summed E-state index contributed by atoms with van der Waals surface area (Å²) >= 11 is 11.8. The molecule has 1 heterocycles. The van der Waals surface area contributed by atoms with E-state index in [1.54, 1.807) is 47.4 Å². The van der Waals surface area contributed by atoms with Gasteiger partial charge in [-0.2, -0.15) is 0 Å². The molecule has 3 amide bonds. The number of hydrogen-bond acceptors (Lipinski definition) is 4. The molecule has 9 heteroatoms. The largest absolute Gasteiger partial charge is 0.496 e. The normalized spacial score (nSPS) is 14.1. The van der Waals surface area contributed by atoms with Crippen molar-refractivity contribution in [3.05, 3.63) is 63.6 Å². The fourth-order valence-electron chi connectivity index (χ4n) is 3.43. The maximum absolute atomic E-state index is 12.8. The van der Waals surface area contributed by atoms with Crippen molar-refractivity contribution in [2.24, 2.45) is 5.92 Å². The Morgan fingerprint density at radius 2 is 1.65 bits per heavy atom. The molecule has 164 valence electrons. The number of amides is 3. The second kappa shape index (κ2) is 10.5. The number of carbonyl (C=O) groups is 3. The van der Waals surface area contributed by atoms with Crippen molar-refractivity contribution in [3.8, 4) is 5.75 Å². The van der Waals surface area contributed by atoms with Crippen LogP contribution in [-0.2, 0) is 16.0 Å². The van der Waals surface area contributed by atoms with E-state index in [2.05, 4.69) is 10.9 Å². The molecule has 0 aliphatic carbocycles. The molecular weight excluding hydrogens is 441 g/mol. The summed E-state index contributed by atoms with van der Waals surface area (Å²) in [5.74, 6) is -0.610. The summed E-state index contributed by atoms with van der Waals surface area (Å²) in [6.07, 6.45) is 1.12. The zero-order valence-corrected chi connectivity index (χ0v) is 18.5. The summed E-state index contributed by atoms with van der Waals surface area (Å²) in [4.78, 5) is 39.0. The van der Waals surface area contributed by atoms with Gasteiger partial charge in [0.1, 0.15) is 5.75 Å². The van der Waals surface area contributed by atoms with Crippen LogP contribution in [0.25, 0.3) is 0 Å². The van der Waals surface area contributed by atoms with Crippen LogP contribution in [0.15, 0.2) is 42.5 Å². The van der Waals surface area contributed by atoms with Crippen LogP contribution < -0.4 is 15.6 Å². The van der Waals surface area contributed by atoms with E-state index in [9.17, 15) is 14.4 Å². The highest BCUT2D eigenvalue weighted by atomic mass is 35.5. The van der Waals surface area contributed by atoms with Gasteiger partial charge >= 0.3 is 0 Å². The zero-order chi connectivity index (χ0) is 22.4. The number of benzene rings is 2. The van der Waals surface area contributed by atoms with Crippen LogP contribution in [0.1, 0.15) is 28.8 Å². The minimum atomic E-state index is -0.323. The number of halogens is 2. The minimum Gasteiger partial charge on any atom is -0.496 e. The highest BCUT2D eigenvalue weighted by Gasteiger charge is 2.29. The van der Waals surface area contributed by atoms with Gasteiger partial charge < -0.3 is 9.64 Å². The Kier molecular flexibility index (Phi) is 7.76. The summed E-state index contributed by atoms with van der Waals surface area (Å²) < 4.78 is 5.26.